The maximum atomic E-state index is 12.5. The maximum Gasteiger partial charge on any atom is 0.270 e. The van der Waals surface area contributed by atoms with Crippen LogP contribution in [0.4, 0.5) is 11.6 Å². The molecule has 1 aromatic heterocycles. The lowest BCUT2D eigenvalue weighted by Crippen LogP contribution is -2.24. The molecule has 3 rings (SSSR count). The average Bonchev–Trinajstić information content (AvgIpc) is 2.71. The van der Waals surface area contributed by atoms with Gasteiger partial charge in [0, 0.05) is 18.4 Å². The number of carbonyl (C=O) groups is 1. The van der Waals surface area contributed by atoms with E-state index in [4.69, 9.17) is 9.47 Å². The Morgan fingerprint density at radius 2 is 1.69 bits per heavy atom. The molecule has 0 bridgehead atoms. The maximum absolute atomic E-state index is 12.5. The minimum absolute atomic E-state index is 0.285. The molecule has 0 saturated carbocycles. The highest BCUT2D eigenvalue weighted by Gasteiger charge is 2.10. The van der Waals surface area contributed by atoms with Crippen LogP contribution < -0.4 is 20.1 Å². The second kappa shape index (κ2) is 9.05. The summed E-state index contributed by atoms with van der Waals surface area (Å²) in [5.74, 6) is 1.33. The lowest BCUT2D eigenvalue weighted by molar-refractivity contribution is 0.0946. The summed E-state index contributed by atoms with van der Waals surface area (Å²) >= 11 is 0. The fraction of sp³-hybridized carbons (Fsp3) is 0.227. The van der Waals surface area contributed by atoms with Gasteiger partial charge in [-0.05, 0) is 60.9 Å². The Balaban J connectivity index is 1.68. The van der Waals surface area contributed by atoms with Crippen LogP contribution in [0, 0.1) is 13.8 Å². The van der Waals surface area contributed by atoms with E-state index in [-0.39, 0.29) is 11.6 Å². The van der Waals surface area contributed by atoms with Crippen LogP contribution in [-0.2, 0) is 6.54 Å². The number of nitrogens with one attached hydrogen (secondary N) is 2. The number of methoxy groups -OCH3 is 2. The smallest absolute Gasteiger partial charge is 0.270 e. The summed E-state index contributed by atoms with van der Waals surface area (Å²) in [5.41, 5.74) is 4.32. The van der Waals surface area contributed by atoms with Crippen LogP contribution in [0.15, 0.2) is 48.7 Å². The lowest BCUT2D eigenvalue weighted by atomic mass is 10.1. The first-order chi connectivity index (χ1) is 14.0. The van der Waals surface area contributed by atoms with Gasteiger partial charge in [0.05, 0.1) is 14.2 Å². The van der Waals surface area contributed by atoms with Crippen molar-refractivity contribution in [2.24, 2.45) is 0 Å². The van der Waals surface area contributed by atoms with Crippen LogP contribution in [0.25, 0.3) is 0 Å². The van der Waals surface area contributed by atoms with Crippen molar-refractivity contribution in [2.75, 3.05) is 19.5 Å². The van der Waals surface area contributed by atoms with Crippen molar-refractivity contribution in [3.05, 3.63) is 71.0 Å². The van der Waals surface area contributed by atoms with E-state index in [2.05, 4.69) is 26.7 Å². The monoisotopic (exact) mass is 392 g/mol. The first kappa shape index (κ1) is 20.1. The third kappa shape index (κ3) is 5.22. The highest BCUT2D eigenvalue weighted by molar-refractivity contribution is 5.92. The second-order valence-electron chi connectivity index (χ2n) is 6.64. The second-order valence-corrected chi connectivity index (χ2v) is 6.64. The summed E-state index contributed by atoms with van der Waals surface area (Å²) in [6.45, 7) is 4.39. The summed E-state index contributed by atoms with van der Waals surface area (Å²) in [6, 6.07) is 13.2. The fourth-order valence-corrected chi connectivity index (χ4v) is 2.98. The molecule has 7 heteroatoms. The van der Waals surface area contributed by atoms with Gasteiger partial charge in [-0.25, -0.2) is 9.97 Å². The molecule has 0 saturated heterocycles. The molecule has 0 spiro atoms. The number of aryl methyl sites for hydroxylation is 2. The molecule has 0 radical (unpaired) electrons. The number of ether oxygens (including phenoxy) is 2. The number of nitrogens with zero attached hydrogens (tertiary/aromatic N) is 2. The van der Waals surface area contributed by atoms with E-state index in [1.165, 1.54) is 0 Å². The van der Waals surface area contributed by atoms with E-state index in [9.17, 15) is 4.79 Å². The van der Waals surface area contributed by atoms with E-state index in [0.29, 0.717) is 24.0 Å². The molecule has 0 fully saturated rings. The Morgan fingerprint density at radius 3 is 2.38 bits per heavy atom. The zero-order valence-corrected chi connectivity index (χ0v) is 16.9. The fourth-order valence-electron chi connectivity index (χ4n) is 2.98. The number of benzene rings is 2. The largest absolute Gasteiger partial charge is 0.493 e. The summed E-state index contributed by atoms with van der Waals surface area (Å²) < 4.78 is 10.5. The number of anilines is 2. The van der Waals surface area contributed by atoms with Gasteiger partial charge in [-0.15, -0.1) is 0 Å². The van der Waals surface area contributed by atoms with E-state index < -0.39 is 0 Å². The van der Waals surface area contributed by atoms with Crippen molar-refractivity contribution in [2.45, 2.75) is 20.4 Å². The Hall–Kier alpha value is -3.61. The minimum Gasteiger partial charge on any atom is -0.493 e. The zero-order chi connectivity index (χ0) is 20.8. The molecule has 150 valence electrons. The molecule has 3 aromatic rings. The molecule has 7 nitrogen and oxygen atoms in total. The molecule has 1 heterocycles. The molecular formula is C22H24N4O3. The highest BCUT2D eigenvalue weighted by atomic mass is 16.5. The van der Waals surface area contributed by atoms with Crippen molar-refractivity contribution in [1.29, 1.82) is 0 Å². The van der Waals surface area contributed by atoms with Gasteiger partial charge in [0.2, 0.25) is 5.95 Å². The first-order valence-electron chi connectivity index (χ1n) is 9.16. The molecule has 0 aliphatic heterocycles. The lowest BCUT2D eigenvalue weighted by Gasteiger charge is -2.11. The number of carbonyl (C=O) groups excluding carboxylic acids is 1. The topological polar surface area (TPSA) is 85.4 Å². The standard InChI is InChI=1S/C22H24N4O3/c1-14-9-15(2)11-17(10-14)25-22-23-8-7-18(26-22)21(27)24-13-16-5-6-19(28-3)20(12-16)29-4/h5-12H,13H2,1-4H3,(H,24,27)(H,23,25,26). The van der Waals surface area contributed by atoms with Crippen LogP contribution in [-0.4, -0.2) is 30.1 Å². The third-order valence-corrected chi connectivity index (χ3v) is 4.27. The quantitative estimate of drug-likeness (QED) is 0.636. The van der Waals surface area contributed by atoms with Gasteiger partial charge >= 0.3 is 0 Å². The van der Waals surface area contributed by atoms with Crippen molar-refractivity contribution >= 4 is 17.5 Å². The summed E-state index contributed by atoms with van der Waals surface area (Å²) in [4.78, 5) is 21.0. The van der Waals surface area contributed by atoms with Crippen molar-refractivity contribution < 1.29 is 14.3 Å². The molecule has 0 unspecified atom stereocenters. The van der Waals surface area contributed by atoms with Crippen LogP contribution in [0.2, 0.25) is 0 Å². The Morgan fingerprint density at radius 1 is 0.966 bits per heavy atom. The molecule has 2 N–H and O–H groups in total. The molecule has 0 aliphatic carbocycles. The van der Waals surface area contributed by atoms with E-state index in [1.54, 1.807) is 32.5 Å². The summed E-state index contributed by atoms with van der Waals surface area (Å²) in [7, 11) is 3.16. The number of aromatic nitrogens is 2. The molecule has 0 aliphatic rings. The van der Waals surface area contributed by atoms with E-state index in [0.717, 1.165) is 22.4 Å². The SMILES string of the molecule is COc1ccc(CNC(=O)c2ccnc(Nc3cc(C)cc(C)c3)n2)cc1OC. The van der Waals surface area contributed by atoms with Crippen LogP contribution in [0.3, 0.4) is 0 Å². The molecular weight excluding hydrogens is 368 g/mol. The van der Waals surface area contributed by atoms with Gasteiger partial charge in [-0.2, -0.15) is 0 Å². The molecule has 0 atom stereocenters. The predicted molar refractivity (Wildman–Crippen MR) is 112 cm³/mol. The normalized spacial score (nSPS) is 10.3. The highest BCUT2D eigenvalue weighted by Crippen LogP contribution is 2.27. The van der Waals surface area contributed by atoms with Crippen LogP contribution in [0.1, 0.15) is 27.2 Å². The van der Waals surface area contributed by atoms with E-state index in [1.807, 2.05) is 38.1 Å². The van der Waals surface area contributed by atoms with Gasteiger partial charge in [0.25, 0.3) is 5.91 Å². The number of hydrogen-bond donors (Lipinski definition) is 2. The number of hydrogen-bond acceptors (Lipinski definition) is 6. The Labute approximate surface area is 170 Å². The van der Waals surface area contributed by atoms with Gasteiger partial charge < -0.3 is 20.1 Å². The Kier molecular flexibility index (Phi) is 6.29. The summed E-state index contributed by atoms with van der Waals surface area (Å²) in [6.07, 6.45) is 1.56. The summed E-state index contributed by atoms with van der Waals surface area (Å²) in [5, 5.41) is 6.01. The van der Waals surface area contributed by atoms with E-state index >= 15 is 0 Å². The molecule has 2 aromatic carbocycles. The van der Waals surface area contributed by atoms with Gasteiger partial charge in [-0.1, -0.05) is 12.1 Å². The average molecular weight is 392 g/mol. The van der Waals surface area contributed by atoms with Gasteiger partial charge in [0.15, 0.2) is 11.5 Å². The first-order valence-corrected chi connectivity index (χ1v) is 9.16. The number of amides is 1. The Bertz CT molecular complexity index is 1000. The van der Waals surface area contributed by atoms with Crippen molar-refractivity contribution in [3.63, 3.8) is 0 Å². The van der Waals surface area contributed by atoms with Crippen LogP contribution in [0.5, 0.6) is 11.5 Å². The van der Waals surface area contributed by atoms with Crippen LogP contribution >= 0.6 is 0 Å². The molecule has 29 heavy (non-hydrogen) atoms. The molecule has 1 amide bonds. The van der Waals surface area contributed by atoms with Gasteiger partial charge in [0.1, 0.15) is 5.69 Å². The van der Waals surface area contributed by atoms with Crippen molar-refractivity contribution in [1.82, 2.24) is 15.3 Å². The number of rotatable bonds is 7. The van der Waals surface area contributed by atoms with Gasteiger partial charge in [-0.3, -0.25) is 4.79 Å². The van der Waals surface area contributed by atoms with Crippen molar-refractivity contribution in [3.8, 4) is 11.5 Å². The predicted octanol–water partition coefficient (Wildman–Crippen LogP) is 3.78. The zero-order valence-electron chi connectivity index (χ0n) is 16.9. The minimum atomic E-state index is -0.286. The third-order valence-electron chi connectivity index (χ3n) is 4.27.